The monoisotopic (exact) mass is 408 g/mol. The van der Waals surface area contributed by atoms with E-state index < -0.39 is 0 Å². The Kier molecular flexibility index (Phi) is 6.03. The summed E-state index contributed by atoms with van der Waals surface area (Å²) in [6.45, 7) is 3.98. The molecule has 1 aromatic heterocycles. The fourth-order valence-electron chi connectivity index (χ4n) is 3.29. The lowest BCUT2D eigenvalue weighted by Crippen LogP contribution is -2.19. The average molecular weight is 409 g/mol. The number of benzene rings is 3. The molecule has 0 aliphatic heterocycles. The molecule has 5 nitrogen and oxygen atoms in total. The predicted octanol–water partition coefficient (Wildman–Crippen LogP) is 5.46. The number of hydrazone groups is 1. The lowest BCUT2D eigenvalue weighted by atomic mass is 10.0. The molecule has 0 fully saturated rings. The van der Waals surface area contributed by atoms with E-state index in [9.17, 15) is 4.79 Å². The summed E-state index contributed by atoms with van der Waals surface area (Å²) in [7, 11) is 0. The molecule has 5 heteroatoms. The van der Waals surface area contributed by atoms with Crippen LogP contribution < -0.4 is 5.43 Å². The third kappa shape index (κ3) is 4.78. The molecule has 0 spiro atoms. The number of aryl methyl sites for hydroxylation is 1. The molecule has 0 radical (unpaired) electrons. The first-order chi connectivity index (χ1) is 15.1. The van der Waals surface area contributed by atoms with E-state index in [4.69, 9.17) is 0 Å². The molecule has 4 rings (SSSR count). The fourth-order valence-corrected chi connectivity index (χ4v) is 3.29. The molecule has 4 aromatic rings. The van der Waals surface area contributed by atoms with Crippen molar-refractivity contribution in [3.8, 4) is 22.4 Å². The maximum absolute atomic E-state index is 12.5. The Hall–Kier alpha value is -3.99. The molecule has 154 valence electrons. The van der Waals surface area contributed by atoms with Gasteiger partial charge >= 0.3 is 0 Å². The standard InChI is InChI=1S/C26H24N4O/c1-3-19-9-11-23(12-10-19)24-17-25(29-28-24)26(31)30-27-18(2)20-13-15-22(16-14-20)21-7-5-4-6-8-21/h4-17H,3H2,1-2H3,(H,28,29)(H,30,31)/b27-18-. The van der Waals surface area contributed by atoms with Gasteiger partial charge in [0.2, 0.25) is 0 Å². The van der Waals surface area contributed by atoms with Crippen LogP contribution in [0.25, 0.3) is 22.4 Å². The zero-order chi connectivity index (χ0) is 21.6. The van der Waals surface area contributed by atoms with Crippen LogP contribution in [0.3, 0.4) is 0 Å². The predicted molar refractivity (Wildman–Crippen MR) is 125 cm³/mol. The summed E-state index contributed by atoms with van der Waals surface area (Å²) >= 11 is 0. The first-order valence-electron chi connectivity index (χ1n) is 10.3. The van der Waals surface area contributed by atoms with Gasteiger partial charge in [0.15, 0.2) is 0 Å². The molecule has 2 N–H and O–H groups in total. The Morgan fingerprint density at radius 1 is 0.903 bits per heavy atom. The van der Waals surface area contributed by atoms with E-state index in [-0.39, 0.29) is 5.91 Å². The second-order valence-electron chi connectivity index (χ2n) is 7.30. The van der Waals surface area contributed by atoms with Crippen molar-refractivity contribution in [2.75, 3.05) is 0 Å². The van der Waals surface area contributed by atoms with Crippen molar-refractivity contribution < 1.29 is 4.79 Å². The van der Waals surface area contributed by atoms with Gasteiger partial charge in [-0.05, 0) is 41.7 Å². The number of carbonyl (C=O) groups excluding carboxylic acids is 1. The van der Waals surface area contributed by atoms with Crippen molar-refractivity contribution in [1.29, 1.82) is 0 Å². The quantitative estimate of drug-likeness (QED) is 0.328. The van der Waals surface area contributed by atoms with Crippen LogP contribution in [0.5, 0.6) is 0 Å². The number of aromatic amines is 1. The molecular formula is C26H24N4O. The average Bonchev–Trinajstić information content (AvgIpc) is 3.33. The van der Waals surface area contributed by atoms with Gasteiger partial charge < -0.3 is 0 Å². The van der Waals surface area contributed by atoms with Crippen molar-refractivity contribution in [2.24, 2.45) is 5.10 Å². The van der Waals surface area contributed by atoms with Gasteiger partial charge in [0.25, 0.3) is 5.91 Å². The molecule has 0 unspecified atom stereocenters. The molecule has 0 aliphatic carbocycles. The van der Waals surface area contributed by atoms with Crippen LogP contribution in [-0.2, 0) is 6.42 Å². The number of amides is 1. The highest BCUT2D eigenvalue weighted by Gasteiger charge is 2.11. The van der Waals surface area contributed by atoms with Gasteiger partial charge in [0.1, 0.15) is 5.69 Å². The number of nitrogens with zero attached hydrogens (tertiary/aromatic N) is 2. The molecule has 0 saturated carbocycles. The molecule has 31 heavy (non-hydrogen) atoms. The van der Waals surface area contributed by atoms with Crippen LogP contribution in [0.15, 0.2) is 90.0 Å². The Morgan fingerprint density at radius 2 is 1.55 bits per heavy atom. The molecule has 0 saturated heterocycles. The molecule has 0 atom stereocenters. The van der Waals surface area contributed by atoms with Crippen LogP contribution in [-0.4, -0.2) is 21.8 Å². The maximum Gasteiger partial charge on any atom is 0.289 e. The zero-order valence-electron chi connectivity index (χ0n) is 17.6. The highest BCUT2D eigenvalue weighted by atomic mass is 16.2. The van der Waals surface area contributed by atoms with E-state index in [0.717, 1.165) is 40.1 Å². The minimum atomic E-state index is -0.329. The van der Waals surface area contributed by atoms with Gasteiger partial charge in [0, 0.05) is 5.56 Å². The van der Waals surface area contributed by atoms with Crippen LogP contribution >= 0.6 is 0 Å². The van der Waals surface area contributed by atoms with Crippen LogP contribution in [0.1, 0.15) is 35.5 Å². The molecule has 0 aliphatic rings. The van der Waals surface area contributed by atoms with Crippen molar-refractivity contribution >= 4 is 11.6 Å². The van der Waals surface area contributed by atoms with E-state index in [2.05, 4.69) is 64.0 Å². The van der Waals surface area contributed by atoms with Crippen LogP contribution in [0.4, 0.5) is 0 Å². The minimum absolute atomic E-state index is 0.329. The summed E-state index contributed by atoms with van der Waals surface area (Å²) in [5, 5.41) is 11.3. The number of hydrogen-bond donors (Lipinski definition) is 2. The largest absolute Gasteiger partial charge is 0.289 e. The smallest absolute Gasteiger partial charge is 0.272 e. The van der Waals surface area contributed by atoms with Gasteiger partial charge in [0.05, 0.1) is 11.4 Å². The van der Waals surface area contributed by atoms with E-state index in [0.29, 0.717) is 5.69 Å². The van der Waals surface area contributed by atoms with E-state index in [1.807, 2.05) is 49.4 Å². The first-order valence-corrected chi connectivity index (χ1v) is 10.3. The van der Waals surface area contributed by atoms with Crippen molar-refractivity contribution in [2.45, 2.75) is 20.3 Å². The lowest BCUT2D eigenvalue weighted by molar-refractivity contribution is 0.0950. The summed E-state index contributed by atoms with van der Waals surface area (Å²) in [5.41, 5.74) is 9.89. The van der Waals surface area contributed by atoms with E-state index in [1.54, 1.807) is 6.07 Å². The summed E-state index contributed by atoms with van der Waals surface area (Å²) in [6.07, 6.45) is 0.987. The molecule has 1 heterocycles. The van der Waals surface area contributed by atoms with Gasteiger partial charge in [-0.3, -0.25) is 9.89 Å². The number of H-pyrrole nitrogens is 1. The maximum atomic E-state index is 12.5. The van der Waals surface area contributed by atoms with Crippen LogP contribution in [0, 0.1) is 0 Å². The topological polar surface area (TPSA) is 70.1 Å². The molecule has 3 aromatic carbocycles. The number of nitrogens with one attached hydrogen (secondary N) is 2. The second kappa shape index (κ2) is 9.22. The summed E-state index contributed by atoms with van der Waals surface area (Å²) in [5.74, 6) is -0.329. The fraction of sp³-hybridized carbons (Fsp3) is 0.115. The van der Waals surface area contributed by atoms with Crippen LogP contribution in [0.2, 0.25) is 0 Å². The number of rotatable bonds is 6. The third-order valence-corrected chi connectivity index (χ3v) is 5.22. The van der Waals surface area contributed by atoms with Gasteiger partial charge in [-0.1, -0.05) is 85.8 Å². The normalized spacial score (nSPS) is 11.4. The SMILES string of the molecule is CCc1ccc(-c2cc(C(=O)N/N=C(/C)c3ccc(-c4ccccc4)cc3)[nH]n2)cc1. The van der Waals surface area contributed by atoms with Crippen molar-refractivity contribution in [1.82, 2.24) is 15.6 Å². The zero-order valence-corrected chi connectivity index (χ0v) is 17.6. The first kappa shape index (κ1) is 20.3. The highest BCUT2D eigenvalue weighted by Crippen LogP contribution is 2.20. The molecular weight excluding hydrogens is 384 g/mol. The Morgan fingerprint density at radius 3 is 2.23 bits per heavy atom. The minimum Gasteiger partial charge on any atom is -0.272 e. The summed E-state index contributed by atoms with van der Waals surface area (Å²) < 4.78 is 0. The second-order valence-corrected chi connectivity index (χ2v) is 7.30. The lowest BCUT2D eigenvalue weighted by Gasteiger charge is -2.05. The highest BCUT2D eigenvalue weighted by molar-refractivity contribution is 6.01. The third-order valence-electron chi connectivity index (χ3n) is 5.22. The van der Waals surface area contributed by atoms with Crippen molar-refractivity contribution in [3.05, 3.63) is 102 Å². The number of carbonyl (C=O) groups is 1. The Balaban J connectivity index is 1.42. The molecule has 1 amide bonds. The summed E-state index contributed by atoms with van der Waals surface area (Å²) in [6, 6.07) is 28.2. The van der Waals surface area contributed by atoms with Gasteiger partial charge in [-0.15, -0.1) is 0 Å². The Bertz CT molecular complexity index is 1190. The van der Waals surface area contributed by atoms with Crippen molar-refractivity contribution in [3.63, 3.8) is 0 Å². The summed E-state index contributed by atoms with van der Waals surface area (Å²) in [4.78, 5) is 12.5. The number of hydrogen-bond acceptors (Lipinski definition) is 3. The number of aromatic nitrogens is 2. The van der Waals surface area contributed by atoms with Gasteiger partial charge in [-0.2, -0.15) is 10.2 Å². The molecule has 0 bridgehead atoms. The van der Waals surface area contributed by atoms with Gasteiger partial charge in [-0.25, -0.2) is 5.43 Å². The van der Waals surface area contributed by atoms with E-state index >= 15 is 0 Å². The Labute approximate surface area is 181 Å². The van der Waals surface area contributed by atoms with E-state index in [1.165, 1.54) is 5.56 Å².